The number of rotatable bonds is 14. The first-order valence-electron chi connectivity index (χ1n) is 18.6. The molecule has 0 radical (unpaired) electrons. The normalized spacial score (nSPS) is 13.8. The second-order valence-corrected chi connectivity index (χ2v) is 17.2. The zero-order chi connectivity index (χ0) is 42.8. The number of hydrogen-bond donors (Lipinski definition) is 6. The minimum Gasteiger partial charge on any atom is -0.497 e. The number of ketones is 2. The molecule has 16 nitrogen and oxygen atoms in total. The van der Waals surface area contributed by atoms with Crippen LogP contribution >= 0.6 is 45.9 Å². The number of hydrogen-bond acceptors (Lipinski definition) is 12. The molecule has 314 valence electrons. The molecule has 0 saturated heterocycles. The van der Waals surface area contributed by atoms with E-state index in [9.17, 15) is 28.8 Å². The van der Waals surface area contributed by atoms with Crippen molar-refractivity contribution >= 4 is 109 Å². The van der Waals surface area contributed by atoms with E-state index in [2.05, 4.69) is 31.2 Å². The molecular weight excluding hydrogens is 846 g/mol. The third-order valence-corrected chi connectivity index (χ3v) is 12.1. The summed E-state index contributed by atoms with van der Waals surface area (Å²) in [4.78, 5) is 82.5. The van der Waals surface area contributed by atoms with Crippen LogP contribution in [0.3, 0.4) is 0 Å². The second kappa shape index (κ2) is 20.6. The fraction of sp³-hybridized carbons (Fsp3) is 0.385. The molecule has 20 heteroatoms. The molecule has 4 aromatic rings. The third kappa shape index (κ3) is 12.4. The number of amides is 4. The monoisotopic (exact) mass is 887 g/mol. The number of methoxy groups -OCH3 is 1. The standard InChI is InChI=1S/C20H23ClN4O4S.C19H20ClN3O5S/c1-25(2)12-7-8-14(13(9-12)17(28)11-5-3-4-6-11)22-19(29)24-20-23-15(10-16(26)27)18(21)30-20;1-28-11-6-7-13(12(8-11)16(26)10-4-2-3-5-10)21-18(27)23-19-22-14(9-15(24)25)17(20)29-19/h7-9,11H,3-6,10H2,1-2H3,(H,26,27)(H2,22,23,24,29);6-8,10H,2-5,9H2,1H3,(H,24,25)(H2,21,22,23,27). The molecule has 0 aliphatic heterocycles. The molecule has 2 aromatic heterocycles. The summed E-state index contributed by atoms with van der Waals surface area (Å²) in [6.45, 7) is 0. The molecule has 0 atom stereocenters. The third-order valence-electron chi connectivity index (χ3n) is 9.60. The molecule has 4 amide bonds. The lowest BCUT2D eigenvalue weighted by Gasteiger charge is -2.18. The van der Waals surface area contributed by atoms with E-state index in [4.69, 9.17) is 38.2 Å². The number of aromatic nitrogens is 2. The maximum absolute atomic E-state index is 13.1. The highest BCUT2D eigenvalue weighted by molar-refractivity contribution is 7.20. The minimum atomic E-state index is -1.07. The number of Topliss-reactive ketones (excluding diaryl/α,β-unsaturated/α-hetero) is 2. The van der Waals surface area contributed by atoms with Crippen LogP contribution in [0.5, 0.6) is 5.75 Å². The van der Waals surface area contributed by atoms with E-state index in [1.54, 1.807) is 30.3 Å². The van der Waals surface area contributed by atoms with Gasteiger partial charge in [0.1, 0.15) is 14.4 Å². The van der Waals surface area contributed by atoms with Crippen molar-refractivity contribution in [2.24, 2.45) is 11.8 Å². The Morgan fingerprint density at radius 2 is 1.12 bits per heavy atom. The van der Waals surface area contributed by atoms with Crippen LogP contribution in [0.15, 0.2) is 36.4 Å². The summed E-state index contributed by atoms with van der Waals surface area (Å²) in [5, 5.41) is 28.6. The number of carboxylic acids is 2. The number of carboxylic acid groups (broad SMARTS) is 2. The van der Waals surface area contributed by atoms with E-state index >= 15 is 0 Å². The van der Waals surface area contributed by atoms with Crippen molar-refractivity contribution in [1.29, 1.82) is 0 Å². The molecule has 2 heterocycles. The first-order chi connectivity index (χ1) is 28.1. The fourth-order valence-electron chi connectivity index (χ4n) is 6.68. The maximum atomic E-state index is 13.1. The van der Waals surface area contributed by atoms with Crippen molar-refractivity contribution in [3.8, 4) is 5.75 Å². The average molecular weight is 889 g/mol. The molecule has 2 aliphatic rings. The Bertz CT molecular complexity index is 2220. The summed E-state index contributed by atoms with van der Waals surface area (Å²) in [6, 6.07) is 9.04. The van der Waals surface area contributed by atoms with Crippen LogP contribution < -0.4 is 30.9 Å². The van der Waals surface area contributed by atoms with E-state index < -0.39 is 24.0 Å². The minimum absolute atomic E-state index is 0.0160. The maximum Gasteiger partial charge on any atom is 0.325 e. The molecule has 2 saturated carbocycles. The van der Waals surface area contributed by atoms with E-state index in [1.807, 2.05) is 25.1 Å². The predicted molar refractivity (Wildman–Crippen MR) is 229 cm³/mol. The molecular formula is C39H43Cl2N7O9S2. The summed E-state index contributed by atoms with van der Waals surface area (Å²) < 4.78 is 5.63. The zero-order valence-corrected chi connectivity index (χ0v) is 35.5. The van der Waals surface area contributed by atoms with Crippen LogP contribution in [0, 0.1) is 11.8 Å². The number of anilines is 5. The van der Waals surface area contributed by atoms with Gasteiger partial charge in [-0.25, -0.2) is 19.6 Å². The van der Waals surface area contributed by atoms with Crippen LogP contribution in [0.4, 0.5) is 36.9 Å². The van der Waals surface area contributed by atoms with Gasteiger partial charge in [0.05, 0.1) is 42.7 Å². The van der Waals surface area contributed by atoms with Gasteiger partial charge in [-0.1, -0.05) is 71.6 Å². The molecule has 0 unspecified atom stereocenters. The molecule has 2 fully saturated rings. The van der Waals surface area contributed by atoms with Gasteiger partial charge in [-0.2, -0.15) is 0 Å². The fourth-order valence-corrected chi connectivity index (χ4v) is 8.75. The SMILES string of the molecule is CN(C)c1ccc(NC(=O)Nc2nc(CC(=O)O)c(Cl)s2)c(C(=O)C2CCCC2)c1.COc1ccc(NC(=O)Nc2nc(CC(=O)O)c(Cl)s2)c(C(=O)C2CCCC2)c1. The molecule has 59 heavy (non-hydrogen) atoms. The van der Waals surface area contributed by atoms with Gasteiger partial charge in [-0.15, -0.1) is 0 Å². The van der Waals surface area contributed by atoms with E-state index in [0.29, 0.717) is 28.3 Å². The van der Waals surface area contributed by atoms with E-state index in [0.717, 1.165) is 79.7 Å². The Kier molecular flexibility index (Phi) is 15.6. The summed E-state index contributed by atoms with van der Waals surface area (Å²) in [5.74, 6) is -1.66. The highest BCUT2D eigenvalue weighted by Crippen LogP contribution is 2.35. The van der Waals surface area contributed by atoms with Crippen LogP contribution in [0.2, 0.25) is 8.67 Å². The molecule has 0 spiro atoms. The van der Waals surface area contributed by atoms with Gasteiger partial charge in [0.2, 0.25) is 0 Å². The Morgan fingerprint density at radius 1 is 0.695 bits per heavy atom. The number of aliphatic carboxylic acids is 2. The molecule has 0 bridgehead atoms. The lowest BCUT2D eigenvalue weighted by molar-refractivity contribution is -0.137. The highest BCUT2D eigenvalue weighted by Gasteiger charge is 2.28. The van der Waals surface area contributed by atoms with Crippen LogP contribution in [0.25, 0.3) is 0 Å². The predicted octanol–water partition coefficient (Wildman–Crippen LogP) is 8.96. The van der Waals surface area contributed by atoms with Gasteiger partial charge in [0.15, 0.2) is 21.8 Å². The van der Waals surface area contributed by atoms with E-state index in [-0.39, 0.29) is 66.6 Å². The van der Waals surface area contributed by atoms with Gasteiger partial charge in [-0.05, 0) is 62.1 Å². The molecule has 6 N–H and O–H groups in total. The number of nitrogens with zero attached hydrogens (tertiary/aromatic N) is 3. The first-order valence-corrected chi connectivity index (χ1v) is 21.0. The van der Waals surface area contributed by atoms with Crippen molar-refractivity contribution in [2.45, 2.75) is 64.2 Å². The highest BCUT2D eigenvalue weighted by atomic mass is 35.5. The Labute approximate surface area is 357 Å². The van der Waals surface area contributed by atoms with Crippen molar-refractivity contribution < 1.29 is 43.7 Å². The Morgan fingerprint density at radius 3 is 1.53 bits per heavy atom. The van der Waals surface area contributed by atoms with Crippen LogP contribution in [-0.4, -0.2) is 77.0 Å². The molecule has 6 rings (SSSR count). The summed E-state index contributed by atoms with van der Waals surface area (Å²) in [6.07, 6.45) is 6.85. The number of carbonyl (C=O) groups is 6. The van der Waals surface area contributed by atoms with Crippen molar-refractivity contribution in [1.82, 2.24) is 9.97 Å². The lowest BCUT2D eigenvalue weighted by atomic mass is 9.94. The zero-order valence-electron chi connectivity index (χ0n) is 32.4. The number of benzene rings is 2. The van der Waals surface area contributed by atoms with E-state index in [1.165, 1.54) is 7.11 Å². The largest absolute Gasteiger partial charge is 0.497 e. The van der Waals surface area contributed by atoms with Gasteiger partial charge in [0.25, 0.3) is 0 Å². The van der Waals surface area contributed by atoms with Gasteiger partial charge in [-0.3, -0.25) is 29.8 Å². The summed E-state index contributed by atoms with van der Waals surface area (Å²) in [7, 11) is 5.29. The van der Waals surface area contributed by atoms with Gasteiger partial charge >= 0.3 is 24.0 Å². The Hall–Kier alpha value is -5.30. The second-order valence-electron chi connectivity index (χ2n) is 14.0. The van der Waals surface area contributed by atoms with Gasteiger partial charge in [0, 0.05) is 42.7 Å². The number of carbonyl (C=O) groups excluding carboxylic acids is 4. The number of nitrogens with one attached hydrogen (secondary N) is 4. The van der Waals surface area contributed by atoms with Crippen molar-refractivity contribution in [3.63, 3.8) is 0 Å². The molecule has 2 aliphatic carbocycles. The Balaban J connectivity index is 0.000000224. The van der Waals surface area contributed by atoms with Crippen molar-refractivity contribution in [2.75, 3.05) is 47.4 Å². The number of halogens is 2. The smallest absolute Gasteiger partial charge is 0.325 e. The number of thiazole rings is 2. The average Bonchev–Trinajstić information content (AvgIpc) is 4.02. The van der Waals surface area contributed by atoms with Gasteiger partial charge < -0.3 is 30.5 Å². The molecule has 2 aromatic carbocycles. The number of urea groups is 2. The summed E-state index contributed by atoms with van der Waals surface area (Å²) in [5.41, 5.74) is 2.91. The quantitative estimate of drug-likeness (QED) is 0.0652. The van der Waals surface area contributed by atoms with Crippen LogP contribution in [0.1, 0.15) is 83.5 Å². The lowest BCUT2D eigenvalue weighted by Crippen LogP contribution is -2.22. The topological polar surface area (TPSA) is 229 Å². The summed E-state index contributed by atoms with van der Waals surface area (Å²) >= 11 is 13.9. The first kappa shape index (κ1) is 44.8. The number of ether oxygens (including phenoxy) is 1. The van der Waals surface area contributed by atoms with Crippen LogP contribution in [-0.2, 0) is 22.4 Å². The van der Waals surface area contributed by atoms with Crippen molar-refractivity contribution in [3.05, 3.63) is 67.6 Å².